The zero-order valence-corrected chi connectivity index (χ0v) is 10.4. The molecule has 3 nitrogen and oxygen atoms in total. The van der Waals surface area contributed by atoms with E-state index in [4.69, 9.17) is 4.74 Å². The Morgan fingerprint density at radius 3 is 3.06 bits per heavy atom. The molecule has 1 aliphatic carbocycles. The molecule has 0 bridgehead atoms. The summed E-state index contributed by atoms with van der Waals surface area (Å²) in [5, 5.41) is 6.90. The number of aromatic nitrogens is 1. The predicted octanol–water partition coefficient (Wildman–Crippen LogP) is 2.36. The maximum atomic E-state index is 5.83. The zero-order valence-electron chi connectivity index (χ0n) is 9.56. The van der Waals surface area contributed by atoms with Gasteiger partial charge in [-0.05, 0) is 32.1 Å². The van der Waals surface area contributed by atoms with E-state index in [0.717, 1.165) is 18.9 Å². The highest BCUT2D eigenvalue weighted by atomic mass is 32.1. The van der Waals surface area contributed by atoms with Crippen molar-refractivity contribution >= 4 is 11.3 Å². The van der Waals surface area contributed by atoms with E-state index in [-0.39, 0.29) is 0 Å². The van der Waals surface area contributed by atoms with Crippen LogP contribution in [0.4, 0.5) is 0 Å². The summed E-state index contributed by atoms with van der Waals surface area (Å²) in [5.74, 6) is 0.823. The molecule has 16 heavy (non-hydrogen) atoms. The van der Waals surface area contributed by atoms with Crippen LogP contribution in [0.1, 0.15) is 37.2 Å². The van der Waals surface area contributed by atoms with Crippen molar-refractivity contribution < 1.29 is 4.74 Å². The van der Waals surface area contributed by atoms with Crippen molar-refractivity contribution in [3.63, 3.8) is 0 Å². The Labute approximate surface area is 100 Å². The topological polar surface area (TPSA) is 34.1 Å². The number of nitrogens with zero attached hydrogens (tertiary/aromatic N) is 1. The van der Waals surface area contributed by atoms with Crippen LogP contribution in [0.2, 0.25) is 0 Å². The molecular formula is C12H18N2OS. The third-order valence-corrected chi connectivity index (χ3v) is 4.47. The van der Waals surface area contributed by atoms with Crippen molar-refractivity contribution in [3.8, 4) is 0 Å². The summed E-state index contributed by atoms with van der Waals surface area (Å²) >= 11 is 1.73. The quantitative estimate of drug-likeness (QED) is 0.874. The SMILES string of the molecule is CC(NC1CCOC1C1CC1)c1nccs1. The van der Waals surface area contributed by atoms with Crippen LogP contribution in [0.15, 0.2) is 11.6 Å². The molecule has 3 atom stereocenters. The van der Waals surface area contributed by atoms with Gasteiger partial charge in [-0.15, -0.1) is 11.3 Å². The fraction of sp³-hybridized carbons (Fsp3) is 0.750. The van der Waals surface area contributed by atoms with Gasteiger partial charge in [0, 0.05) is 24.2 Å². The fourth-order valence-electron chi connectivity index (χ4n) is 2.52. The van der Waals surface area contributed by atoms with Gasteiger partial charge in [-0.2, -0.15) is 0 Å². The molecular weight excluding hydrogens is 220 g/mol. The van der Waals surface area contributed by atoms with Gasteiger partial charge in [0.2, 0.25) is 0 Å². The van der Waals surface area contributed by atoms with Crippen LogP contribution in [0.5, 0.6) is 0 Å². The van der Waals surface area contributed by atoms with E-state index in [1.165, 1.54) is 17.8 Å². The highest BCUT2D eigenvalue weighted by Crippen LogP contribution is 2.39. The second-order valence-corrected chi connectivity index (χ2v) is 5.75. The summed E-state index contributed by atoms with van der Waals surface area (Å²) in [4.78, 5) is 4.36. The standard InChI is InChI=1S/C12H18N2OS/c1-8(12-13-5-7-16-12)14-10-4-6-15-11(10)9-2-3-9/h5,7-11,14H,2-4,6H2,1H3. The molecule has 1 aromatic rings. The summed E-state index contributed by atoms with van der Waals surface area (Å²) in [5.41, 5.74) is 0. The molecule has 2 fully saturated rings. The van der Waals surface area contributed by atoms with Crippen molar-refractivity contribution in [2.24, 2.45) is 5.92 Å². The average molecular weight is 238 g/mol. The number of ether oxygens (including phenoxy) is 1. The number of nitrogens with one attached hydrogen (secondary N) is 1. The van der Waals surface area contributed by atoms with Gasteiger partial charge in [-0.3, -0.25) is 0 Å². The monoisotopic (exact) mass is 238 g/mol. The van der Waals surface area contributed by atoms with Crippen molar-refractivity contribution in [1.29, 1.82) is 0 Å². The van der Waals surface area contributed by atoms with Crippen LogP contribution in [-0.4, -0.2) is 23.7 Å². The zero-order chi connectivity index (χ0) is 11.0. The van der Waals surface area contributed by atoms with Gasteiger partial charge in [-0.1, -0.05) is 0 Å². The van der Waals surface area contributed by atoms with E-state index in [9.17, 15) is 0 Å². The van der Waals surface area contributed by atoms with Crippen LogP contribution < -0.4 is 5.32 Å². The van der Waals surface area contributed by atoms with Crippen molar-refractivity contribution in [2.75, 3.05) is 6.61 Å². The largest absolute Gasteiger partial charge is 0.376 e. The molecule has 1 aromatic heterocycles. The Balaban J connectivity index is 1.61. The molecule has 3 unspecified atom stereocenters. The lowest BCUT2D eigenvalue weighted by Gasteiger charge is -2.22. The van der Waals surface area contributed by atoms with Gasteiger partial charge in [0.05, 0.1) is 12.1 Å². The highest BCUT2D eigenvalue weighted by Gasteiger charge is 2.40. The smallest absolute Gasteiger partial charge is 0.109 e. The van der Waals surface area contributed by atoms with Gasteiger partial charge < -0.3 is 10.1 Å². The summed E-state index contributed by atoms with van der Waals surface area (Å²) in [6.45, 7) is 3.12. The first kappa shape index (κ1) is 10.7. The van der Waals surface area contributed by atoms with Crippen LogP contribution in [0, 0.1) is 5.92 Å². The molecule has 0 radical (unpaired) electrons. The Morgan fingerprint density at radius 2 is 2.38 bits per heavy atom. The molecule has 1 aliphatic heterocycles. The molecule has 1 N–H and O–H groups in total. The second-order valence-electron chi connectivity index (χ2n) is 4.83. The van der Waals surface area contributed by atoms with E-state index in [1.807, 2.05) is 11.6 Å². The van der Waals surface area contributed by atoms with Crippen LogP contribution in [0.25, 0.3) is 0 Å². The van der Waals surface area contributed by atoms with E-state index in [1.54, 1.807) is 11.3 Å². The third-order valence-electron chi connectivity index (χ3n) is 3.51. The molecule has 88 valence electrons. The molecule has 0 spiro atoms. The van der Waals surface area contributed by atoms with E-state index >= 15 is 0 Å². The van der Waals surface area contributed by atoms with Gasteiger partial charge in [0.1, 0.15) is 5.01 Å². The molecule has 2 heterocycles. The first-order valence-electron chi connectivity index (χ1n) is 6.11. The Morgan fingerprint density at radius 1 is 1.50 bits per heavy atom. The first-order chi connectivity index (χ1) is 7.84. The summed E-state index contributed by atoms with van der Waals surface area (Å²) < 4.78 is 5.83. The summed E-state index contributed by atoms with van der Waals surface area (Å²) in [6, 6.07) is 0.888. The van der Waals surface area contributed by atoms with Crippen molar-refractivity contribution in [2.45, 2.75) is 44.4 Å². The van der Waals surface area contributed by atoms with Crippen molar-refractivity contribution in [1.82, 2.24) is 10.3 Å². The molecule has 3 rings (SSSR count). The lowest BCUT2D eigenvalue weighted by molar-refractivity contribution is 0.0793. The van der Waals surface area contributed by atoms with E-state index < -0.39 is 0 Å². The maximum absolute atomic E-state index is 5.83. The van der Waals surface area contributed by atoms with Gasteiger partial charge >= 0.3 is 0 Å². The van der Waals surface area contributed by atoms with Crippen LogP contribution in [0.3, 0.4) is 0 Å². The summed E-state index contributed by atoms with van der Waals surface area (Å²) in [7, 11) is 0. The van der Waals surface area contributed by atoms with Gasteiger partial charge in [0.25, 0.3) is 0 Å². The molecule has 1 saturated carbocycles. The van der Waals surface area contributed by atoms with Crippen LogP contribution >= 0.6 is 11.3 Å². The van der Waals surface area contributed by atoms with E-state index in [2.05, 4.69) is 17.2 Å². The Hall–Kier alpha value is -0.450. The fourth-order valence-corrected chi connectivity index (χ4v) is 3.17. The minimum absolute atomic E-state index is 0.355. The van der Waals surface area contributed by atoms with E-state index in [0.29, 0.717) is 18.2 Å². The Kier molecular flexibility index (Phi) is 2.96. The van der Waals surface area contributed by atoms with Crippen molar-refractivity contribution in [3.05, 3.63) is 16.6 Å². The number of thiazole rings is 1. The number of hydrogen-bond donors (Lipinski definition) is 1. The lowest BCUT2D eigenvalue weighted by Crippen LogP contribution is -2.39. The molecule has 2 aliphatic rings. The molecule has 4 heteroatoms. The maximum Gasteiger partial charge on any atom is 0.109 e. The van der Waals surface area contributed by atoms with Gasteiger partial charge in [0.15, 0.2) is 0 Å². The second kappa shape index (κ2) is 4.43. The molecule has 0 amide bonds. The number of hydrogen-bond acceptors (Lipinski definition) is 4. The summed E-state index contributed by atoms with van der Waals surface area (Å²) in [6.07, 6.45) is 6.20. The normalized spacial score (nSPS) is 31.8. The average Bonchev–Trinajstić information content (AvgIpc) is 2.83. The van der Waals surface area contributed by atoms with Gasteiger partial charge in [-0.25, -0.2) is 4.98 Å². The van der Waals surface area contributed by atoms with Crippen LogP contribution in [-0.2, 0) is 4.74 Å². The minimum Gasteiger partial charge on any atom is -0.376 e. The first-order valence-corrected chi connectivity index (χ1v) is 6.99. The molecule has 0 aromatic carbocycles. The highest BCUT2D eigenvalue weighted by molar-refractivity contribution is 7.09. The third kappa shape index (κ3) is 2.14. The lowest BCUT2D eigenvalue weighted by atomic mass is 10.1. The Bertz CT molecular complexity index is 337. The number of rotatable bonds is 4. The predicted molar refractivity (Wildman–Crippen MR) is 64.5 cm³/mol. The molecule has 1 saturated heterocycles. The minimum atomic E-state index is 0.355.